The summed E-state index contributed by atoms with van der Waals surface area (Å²) in [7, 11) is 1.56. The summed E-state index contributed by atoms with van der Waals surface area (Å²) in [6, 6.07) is 1.18. The highest BCUT2D eigenvalue weighted by Crippen LogP contribution is 1.94. The Kier molecular flexibility index (Phi) is 3.91. The third-order valence-electron chi connectivity index (χ3n) is 1.72. The van der Waals surface area contributed by atoms with Gasteiger partial charge in [0, 0.05) is 26.3 Å². The zero-order valence-electron chi connectivity index (χ0n) is 7.75. The van der Waals surface area contributed by atoms with E-state index < -0.39 is 11.2 Å². The highest BCUT2D eigenvalue weighted by Gasteiger charge is 2.01. The molecule has 0 spiro atoms. The van der Waals surface area contributed by atoms with Crippen LogP contribution in [0.15, 0.2) is 15.7 Å². The van der Waals surface area contributed by atoms with Gasteiger partial charge in [-0.25, -0.2) is 4.79 Å². The standard InChI is InChI=1S/C8H11ClN2O3/c1-14-4-2-3-11-7(12)5-6(9)10-8(11)13/h5H,2-4H2,1H3,(H,10,13). The Balaban J connectivity index is 2.87. The van der Waals surface area contributed by atoms with E-state index in [1.54, 1.807) is 7.11 Å². The second-order valence-corrected chi connectivity index (χ2v) is 3.17. The van der Waals surface area contributed by atoms with Crippen molar-refractivity contribution in [2.24, 2.45) is 0 Å². The van der Waals surface area contributed by atoms with Crippen LogP contribution in [0.1, 0.15) is 6.42 Å². The fraction of sp³-hybridized carbons (Fsp3) is 0.500. The lowest BCUT2D eigenvalue weighted by atomic mass is 10.4. The van der Waals surface area contributed by atoms with Crippen molar-refractivity contribution in [3.63, 3.8) is 0 Å². The van der Waals surface area contributed by atoms with Gasteiger partial charge in [0.15, 0.2) is 0 Å². The molecule has 1 N–H and O–H groups in total. The molecule has 14 heavy (non-hydrogen) atoms. The Morgan fingerprint density at radius 3 is 2.86 bits per heavy atom. The minimum absolute atomic E-state index is 0.0583. The molecule has 0 unspecified atom stereocenters. The number of nitrogens with one attached hydrogen (secondary N) is 1. The fourth-order valence-electron chi connectivity index (χ4n) is 1.07. The number of hydrogen-bond donors (Lipinski definition) is 1. The molecule has 0 saturated carbocycles. The second-order valence-electron chi connectivity index (χ2n) is 2.76. The molecule has 0 amide bonds. The number of aromatic nitrogens is 2. The lowest BCUT2D eigenvalue weighted by molar-refractivity contribution is 0.189. The molecule has 1 aromatic rings. The van der Waals surface area contributed by atoms with E-state index in [0.29, 0.717) is 19.6 Å². The normalized spacial score (nSPS) is 10.4. The van der Waals surface area contributed by atoms with Crippen molar-refractivity contribution < 1.29 is 4.74 Å². The summed E-state index contributed by atoms with van der Waals surface area (Å²) >= 11 is 5.49. The first-order valence-corrected chi connectivity index (χ1v) is 4.51. The summed E-state index contributed by atoms with van der Waals surface area (Å²) in [5.41, 5.74) is -0.881. The lowest BCUT2D eigenvalue weighted by Crippen LogP contribution is -2.34. The summed E-state index contributed by atoms with van der Waals surface area (Å²) in [5, 5.41) is 0.0583. The minimum atomic E-state index is -0.487. The first kappa shape index (κ1) is 11.0. The van der Waals surface area contributed by atoms with Gasteiger partial charge in [0.05, 0.1) is 0 Å². The molecule has 1 aromatic heterocycles. The summed E-state index contributed by atoms with van der Waals surface area (Å²) in [5.74, 6) is 0. The lowest BCUT2D eigenvalue weighted by Gasteiger charge is -2.03. The van der Waals surface area contributed by atoms with Crippen molar-refractivity contribution in [2.45, 2.75) is 13.0 Å². The van der Waals surface area contributed by atoms with Crippen LogP contribution in [0, 0.1) is 0 Å². The molecule has 78 valence electrons. The summed E-state index contributed by atoms with van der Waals surface area (Å²) in [6.45, 7) is 0.841. The van der Waals surface area contributed by atoms with E-state index in [-0.39, 0.29) is 5.15 Å². The monoisotopic (exact) mass is 218 g/mol. The third kappa shape index (κ3) is 2.71. The maximum atomic E-state index is 11.3. The van der Waals surface area contributed by atoms with Crippen LogP contribution >= 0.6 is 11.6 Å². The average Bonchev–Trinajstić information content (AvgIpc) is 2.09. The van der Waals surface area contributed by atoms with Gasteiger partial charge >= 0.3 is 5.69 Å². The Labute approximate surface area is 85.3 Å². The number of halogens is 1. The van der Waals surface area contributed by atoms with Crippen LogP contribution < -0.4 is 11.2 Å². The predicted molar refractivity (Wildman–Crippen MR) is 52.8 cm³/mol. The highest BCUT2D eigenvalue weighted by atomic mass is 35.5. The Hall–Kier alpha value is -1.07. The maximum absolute atomic E-state index is 11.3. The van der Waals surface area contributed by atoms with Gasteiger partial charge in [0.25, 0.3) is 5.56 Å². The van der Waals surface area contributed by atoms with Gasteiger partial charge in [0.1, 0.15) is 5.15 Å². The molecular weight excluding hydrogens is 208 g/mol. The molecule has 1 heterocycles. The molecule has 0 atom stereocenters. The van der Waals surface area contributed by atoms with Crippen LogP contribution in [0.5, 0.6) is 0 Å². The van der Waals surface area contributed by atoms with Crippen LogP contribution in [0.3, 0.4) is 0 Å². The van der Waals surface area contributed by atoms with E-state index >= 15 is 0 Å². The van der Waals surface area contributed by atoms with E-state index in [1.807, 2.05) is 0 Å². The fourth-order valence-corrected chi connectivity index (χ4v) is 1.25. The van der Waals surface area contributed by atoms with E-state index in [2.05, 4.69) is 4.98 Å². The summed E-state index contributed by atoms with van der Waals surface area (Å²) < 4.78 is 5.90. The van der Waals surface area contributed by atoms with Gasteiger partial charge in [0.2, 0.25) is 0 Å². The van der Waals surface area contributed by atoms with Crippen molar-refractivity contribution in [3.05, 3.63) is 32.1 Å². The van der Waals surface area contributed by atoms with E-state index in [0.717, 1.165) is 4.57 Å². The molecule has 0 aliphatic carbocycles. The molecule has 1 rings (SSSR count). The Morgan fingerprint density at radius 2 is 2.29 bits per heavy atom. The molecule has 0 aliphatic rings. The molecule has 0 aliphatic heterocycles. The highest BCUT2D eigenvalue weighted by molar-refractivity contribution is 6.29. The molecule has 0 fully saturated rings. The van der Waals surface area contributed by atoms with Gasteiger partial charge in [-0.05, 0) is 6.42 Å². The van der Waals surface area contributed by atoms with Crippen molar-refractivity contribution in [1.82, 2.24) is 9.55 Å². The number of hydrogen-bond acceptors (Lipinski definition) is 3. The van der Waals surface area contributed by atoms with E-state index in [4.69, 9.17) is 16.3 Å². The predicted octanol–water partition coefficient (Wildman–Crippen LogP) is 0.227. The molecular formula is C8H11ClN2O3. The first-order valence-electron chi connectivity index (χ1n) is 4.13. The molecule has 0 aromatic carbocycles. The second kappa shape index (κ2) is 4.97. The summed E-state index contributed by atoms with van der Waals surface area (Å²) in [4.78, 5) is 24.8. The van der Waals surface area contributed by atoms with Crippen LogP contribution in [-0.2, 0) is 11.3 Å². The topological polar surface area (TPSA) is 64.1 Å². The number of ether oxygens (including phenoxy) is 1. The van der Waals surface area contributed by atoms with Crippen molar-refractivity contribution in [1.29, 1.82) is 0 Å². The van der Waals surface area contributed by atoms with Crippen LogP contribution in [0.25, 0.3) is 0 Å². The zero-order valence-corrected chi connectivity index (χ0v) is 8.50. The molecule has 0 saturated heterocycles. The number of methoxy groups -OCH3 is 1. The van der Waals surface area contributed by atoms with Gasteiger partial charge in [-0.2, -0.15) is 0 Å². The smallest absolute Gasteiger partial charge is 0.329 e. The number of nitrogens with zero attached hydrogens (tertiary/aromatic N) is 1. The third-order valence-corrected chi connectivity index (χ3v) is 1.92. The van der Waals surface area contributed by atoms with Gasteiger partial charge in [-0.1, -0.05) is 11.6 Å². The average molecular weight is 219 g/mol. The summed E-state index contributed by atoms with van der Waals surface area (Å²) in [6.07, 6.45) is 0.612. The quantitative estimate of drug-likeness (QED) is 0.581. The molecule has 5 nitrogen and oxygen atoms in total. The van der Waals surface area contributed by atoms with Crippen molar-refractivity contribution in [3.8, 4) is 0 Å². The maximum Gasteiger partial charge on any atom is 0.329 e. The number of H-pyrrole nitrogens is 1. The van der Waals surface area contributed by atoms with Crippen LogP contribution in [0.2, 0.25) is 5.15 Å². The molecule has 6 heteroatoms. The molecule has 0 radical (unpaired) electrons. The SMILES string of the molecule is COCCCn1c(=O)cc(Cl)[nH]c1=O. The van der Waals surface area contributed by atoms with Crippen LogP contribution in [0.4, 0.5) is 0 Å². The van der Waals surface area contributed by atoms with E-state index in [9.17, 15) is 9.59 Å². The minimum Gasteiger partial charge on any atom is -0.385 e. The van der Waals surface area contributed by atoms with Crippen molar-refractivity contribution >= 4 is 11.6 Å². The van der Waals surface area contributed by atoms with Gasteiger partial charge in [-0.3, -0.25) is 14.3 Å². The van der Waals surface area contributed by atoms with E-state index in [1.165, 1.54) is 6.07 Å². The van der Waals surface area contributed by atoms with Gasteiger partial charge in [-0.15, -0.1) is 0 Å². The Bertz CT molecular complexity index is 379. The largest absolute Gasteiger partial charge is 0.385 e. The molecule has 0 bridgehead atoms. The zero-order chi connectivity index (χ0) is 10.6. The van der Waals surface area contributed by atoms with Gasteiger partial charge < -0.3 is 4.74 Å². The van der Waals surface area contributed by atoms with Crippen LogP contribution in [-0.4, -0.2) is 23.3 Å². The Morgan fingerprint density at radius 1 is 1.57 bits per heavy atom. The van der Waals surface area contributed by atoms with Crippen molar-refractivity contribution in [2.75, 3.05) is 13.7 Å². The number of rotatable bonds is 4. The first-order chi connectivity index (χ1) is 6.65. The number of aromatic amines is 1.